The third-order valence-corrected chi connectivity index (χ3v) is 5.33. The van der Waals surface area contributed by atoms with Crippen molar-refractivity contribution in [3.05, 3.63) is 132 Å². The van der Waals surface area contributed by atoms with Crippen molar-refractivity contribution in [1.29, 1.82) is 0 Å². The molecule has 0 saturated carbocycles. The van der Waals surface area contributed by atoms with Gasteiger partial charge in [0, 0.05) is 32.5 Å². The van der Waals surface area contributed by atoms with Crippen LogP contribution in [0.4, 0.5) is 0 Å². The van der Waals surface area contributed by atoms with Crippen LogP contribution in [0.5, 0.6) is 0 Å². The molecule has 2 nitrogen and oxygen atoms in total. The Morgan fingerprint density at radius 3 is 1.97 bits per heavy atom. The molecule has 0 N–H and O–H groups in total. The van der Waals surface area contributed by atoms with Gasteiger partial charge in [0.05, 0.1) is 0 Å². The molecule has 0 aliphatic rings. The summed E-state index contributed by atoms with van der Waals surface area (Å²) in [5, 5.41) is 0. The Labute approximate surface area is 216 Å². The monoisotopic (exact) mass is 619 g/mol. The fraction of sp³-hybridized carbons (Fsp3) is 0.0968. The molecule has 0 saturated heterocycles. The molecule has 2 heterocycles. The van der Waals surface area contributed by atoms with E-state index in [4.69, 9.17) is 0 Å². The molecule has 34 heavy (non-hydrogen) atoms. The molecular formula is C31H26IrN2-2. The van der Waals surface area contributed by atoms with Gasteiger partial charge in [-0.15, -0.1) is 71.3 Å². The number of rotatable bonds is 3. The van der Waals surface area contributed by atoms with Crippen LogP contribution in [-0.2, 0) is 20.1 Å². The van der Waals surface area contributed by atoms with E-state index in [1.165, 1.54) is 27.8 Å². The maximum Gasteiger partial charge on any atom is 0.0196 e. The zero-order valence-corrected chi connectivity index (χ0v) is 21.9. The summed E-state index contributed by atoms with van der Waals surface area (Å²) in [5.41, 5.74) is 10.1. The number of hydrogen-bond acceptors (Lipinski definition) is 2. The molecule has 5 aromatic rings. The predicted molar refractivity (Wildman–Crippen MR) is 137 cm³/mol. The molecule has 3 heteroatoms. The summed E-state index contributed by atoms with van der Waals surface area (Å²) < 4.78 is 0. The average molecular weight is 619 g/mol. The van der Waals surface area contributed by atoms with Crippen LogP contribution in [0.3, 0.4) is 0 Å². The Kier molecular flexibility index (Phi) is 9.04. The molecule has 0 atom stereocenters. The number of hydrogen-bond donors (Lipinski definition) is 0. The summed E-state index contributed by atoms with van der Waals surface area (Å²) in [6.45, 7) is 6.19. The topological polar surface area (TPSA) is 25.8 Å². The van der Waals surface area contributed by atoms with E-state index >= 15 is 0 Å². The maximum absolute atomic E-state index is 4.50. The van der Waals surface area contributed by atoms with Gasteiger partial charge >= 0.3 is 0 Å². The van der Waals surface area contributed by atoms with Gasteiger partial charge in [0.25, 0.3) is 0 Å². The first kappa shape index (κ1) is 25.2. The number of nitrogens with zero attached hydrogens (tertiary/aromatic N) is 2. The van der Waals surface area contributed by atoms with E-state index in [1.807, 2.05) is 67.8 Å². The fourth-order valence-electron chi connectivity index (χ4n) is 3.44. The van der Waals surface area contributed by atoms with Gasteiger partial charge in [0.2, 0.25) is 0 Å². The second-order valence-corrected chi connectivity index (χ2v) is 8.03. The Balaban J connectivity index is 0.000000193. The van der Waals surface area contributed by atoms with Crippen molar-refractivity contribution in [1.82, 2.24) is 9.97 Å². The molecule has 0 aliphatic carbocycles. The molecule has 0 spiro atoms. The van der Waals surface area contributed by atoms with E-state index in [2.05, 4.69) is 78.4 Å². The molecule has 3 aromatic carbocycles. The van der Waals surface area contributed by atoms with E-state index in [9.17, 15) is 0 Å². The SMILES string of the molecule is Cc1c[c-]c(-c2ccc(C)cn2)cc1.Cc1cnc(-c2[c-]cccc2)cc1-c1ccccc1.[Ir]. The van der Waals surface area contributed by atoms with Crippen LogP contribution in [0.2, 0.25) is 0 Å². The molecule has 2 aromatic heterocycles. The summed E-state index contributed by atoms with van der Waals surface area (Å²) in [4.78, 5) is 8.85. The first-order valence-electron chi connectivity index (χ1n) is 11.0. The normalized spacial score (nSPS) is 9.97. The van der Waals surface area contributed by atoms with Crippen molar-refractivity contribution in [3.8, 4) is 33.6 Å². The third-order valence-electron chi connectivity index (χ3n) is 5.33. The number of aromatic nitrogens is 2. The van der Waals surface area contributed by atoms with Crippen molar-refractivity contribution in [3.63, 3.8) is 0 Å². The summed E-state index contributed by atoms with van der Waals surface area (Å²) in [6, 6.07) is 37.1. The molecule has 0 bridgehead atoms. The van der Waals surface area contributed by atoms with E-state index in [0.717, 1.165) is 22.5 Å². The second kappa shape index (κ2) is 12.2. The third kappa shape index (κ3) is 6.57. The van der Waals surface area contributed by atoms with Crippen LogP contribution in [-0.4, -0.2) is 9.97 Å². The Bertz CT molecular complexity index is 1250. The van der Waals surface area contributed by atoms with Crippen LogP contribution in [0, 0.1) is 32.9 Å². The predicted octanol–water partition coefficient (Wildman–Crippen LogP) is 7.69. The molecule has 0 unspecified atom stereocenters. The van der Waals surface area contributed by atoms with Crippen molar-refractivity contribution < 1.29 is 20.1 Å². The number of aryl methyl sites for hydroxylation is 3. The number of benzene rings is 3. The van der Waals surface area contributed by atoms with Crippen molar-refractivity contribution in [2.45, 2.75) is 20.8 Å². The quantitative estimate of drug-likeness (QED) is 0.194. The van der Waals surface area contributed by atoms with Gasteiger partial charge in [-0.1, -0.05) is 55.5 Å². The summed E-state index contributed by atoms with van der Waals surface area (Å²) in [5.74, 6) is 0. The van der Waals surface area contributed by atoms with Gasteiger partial charge in [0.1, 0.15) is 0 Å². The van der Waals surface area contributed by atoms with Crippen LogP contribution in [0.25, 0.3) is 33.6 Å². The van der Waals surface area contributed by atoms with E-state index in [0.29, 0.717) is 0 Å². The number of pyridine rings is 2. The van der Waals surface area contributed by atoms with Crippen molar-refractivity contribution in [2.24, 2.45) is 0 Å². The molecular weight excluding hydrogens is 593 g/mol. The Morgan fingerprint density at radius 2 is 1.32 bits per heavy atom. The second-order valence-electron chi connectivity index (χ2n) is 8.03. The molecule has 0 amide bonds. The molecule has 5 rings (SSSR count). The van der Waals surface area contributed by atoms with Crippen molar-refractivity contribution >= 4 is 0 Å². The van der Waals surface area contributed by atoms with Crippen molar-refractivity contribution in [2.75, 3.05) is 0 Å². The Hall–Kier alpha value is -3.39. The minimum atomic E-state index is 0. The molecule has 0 aliphatic heterocycles. The smallest absolute Gasteiger partial charge is 0.0196 e. The van der Waals surface area contributed by atoms with Gasteiger partial charge in [0.15, 0.2) is 0 Å². The first-order chi connectivity index (χ1) is 16.1. The molecule has 171 valence electrons. The van der Waals surface area contributed by atoms with E-state index in [1.54, 1.807) is 0 Å². The summed E-state index contributed by atoms with van der Waals surface area (Å²) in [6.07, 6.45) is 3.81. The Morgan fingerprint density at radius 1 is 0.618 bits per heavy atom. The van der Waals surface area contributed by atoms with E-state index in [-0.39, 0.29) is 20.1 Å². The summed E-state index contributed by atoms with van der Waals surface area (Å²) in [7, 11) is 0. The van der Waals surface area contributed by atoms with Gasteiger partial charge in [-0.3, -0.25) is 0 Å². The minimum absolute atomic E-state index is 0. The maximum atomic E-state index is 4.50. The zero-order chi connectivity index (χ0) is 23.0. The standard InChI is InChI=1S/C18H14N.C13H12N.Ir/c1-14-13-19-18(16-10-6-3-7-11-16)12-17(14)15-8-4-2-5-9-15;1-10-3-6-12(7-4-10)13-8-5-11(2)9-14-13;/h2-10,12-13H,1H3;3-6,8-9H,1-2H3;/q2*-1;. The average Bonchev–Trinajstić information content (AvgIpc) is 2.87. The van der Waals surface area contributed by atoms with Crippen LogP contribution in [0.1, 0.15) is 16.7 Å². The van der Waals surface area contributed by atoms with Gasteiger partial charge in [-0.2, -0.15) is 0 Å². The van der Waals surface area contributed by atoms with E-state index < -0.39 is 0 Å². The molecule has 0 fully saturated rings. The van der Waals surface area contributed by atoms with Crippen LogP contribution in [0.15, 0.2) is 103 Å². The fourth-order valence-corrected chi connectivity index (χ4v) is 3.44. The van der Waals surface area contributed by atoms with Gasteiger partial charge in [-0.05, 0) is 47.5 Å². The van der Waals surface area contributed by atoms with Gasteiger partial charge in [-0.25, -0.2) is 0 Å². The summed E-state index contributed by atoms with van der Waals surface area (Å²) >= 11 is 0. The largest absolute Gasteiger partial charge is 0.304 e. The van der Waals surface area contributed by atoms with Crippen LogP contribution < -0.4 is 0 Å². The van der Waals surface area contributed by atoms with Gasteiger partial charge < -0.3 is 9.97 Å². The first-order valence-corrected chi connectivity index (χ1v) is 11.0. The zero-order valence-electron chi connectivity index (χ0n) is 19.5. The minimum Gasteiger partial charge on any atom is -0.304 e. The molecule has 1 radical (unpaired) electrons. The van der Waals surface area contributed by atoms with Crippen LogP contribution >= 0.6 is 0 Å².